The van der Waals surface area contributed by atoms with Crippen LogP contribution in [0.25, 0.3) is 0 Å². The normalized spacial score (nSPS) is 14.4. The van der Waals surface area contributed by atoms with Crippen LogP contribution in [0.5, 0.6) is 0 Å². The Labute approximate surface area is 132 Å². The average Bonchev–Trinajstić information content (AvgIpc) is 2.38. The van der Waals surface area contributed by atoms with Gasteiger partial charge in [-0.1, -0.05) is 37.9 Å². The Balaban J connectivity index is 2.64. The Bertz CT molecular complexity index is 365. The van der Waals surface area contributed by atoms with Gasteiger partial charge >= 0.3 is 0 Å². The SMILES string of the molecule is COCC(O)C[NH+](C)Cc1cc(CBr)cc(CBr)c1. The van der Waals surface area contributed by atoms with Gasteiger partial charge in [-0.25, -0.2) is 0 Å². The highest BCUT2D eigenvalue weighted by molar-refractivity contribution is 9.08. The third-order valence-electron chi connectivity index (χ3n) is 2.87. The smallest absolute Gasteiger partial charge is 0.126 e. The number of likely N-dealkylation sites (N-methyl/N-ethyl adjacent to an activating group) is 1. The van der Waals surface area contributed by atoms with Gasteiger partial charge in [0.1, 0.15) is 19.2 Å². The molecule has 0 bridgehead atoms. The van der Waals surface area contributed by atoms with Crippen LogP contribution in [0, 0.1) is 0 Å². The molecule has 0 heterocycles. The highest BCUT2D eigenvalue weighted by Gasteiger charge is 2.12. The maximum Gasteiger partial charge on any atom is 0.126 e. The fraction of sp³-hybridized carbons (Fsp3) is 0.571. The van der Waals surface area contributed by atoms with Gasteiger partial charge in [-0.3, -0.25) is 0 Å². The number of nitrogens with one attached hydrogen (secondary N) is 1. The molecule has 1 aromatic carbocycles. The molecule has 1 rings (SSSR count). The zero-order valence-corrected chi connectivity index (χ0v) is 14.6. The molecular weight excluding hydrogens is 374 g/mol. The average molecular weight is 396 g/mol. The summed E-state index contributed by atoms with van der Waals surface area (Å²) < 4.78 is 4.95. The van der Waals surface area contributed by atoms with Gasteiger partial charge < -0.3 is 14.7 Å². The van der Waals surface area contributed by atoms with E-state index in [1.165, 1.54) is 21.6 Å². The zero-order chi connectivity index (χ0) is 14.3. The van der Waals surface area contributed by atoms with Crippen molar-refractivity contribution in [3.63, 3.8) is 0 Å². The molecule has 2 N–H and O–H groups in total. The molecule has 0 saturated heterocycles. The van der Waals surface area contributed by atoms with E-state index in [-0.39, 0.29) is 0 Å². The standard InChI is InChI=1S/C14H21Br2NO2/c1-17(9-14(18)10-19-2)8-13-4-11(6-15)3-12(5-13)7-16/h3-5,14,18H,6-10H2,1-2H3/p+1. The molecule has 5 heteroatoms. The predicted octanol–water partition coefficient (Wildman–Crippen LogP) is 1.50. The van der Waals surface area contributed by atoms with Gasteiger partial charge in [-0.15, -0.1) is 0 Å². The first-order chi connectivity index (χ1) is 9.08. The van der Waals surface area contributed by atoms with E-state index in [4.69, 9.17) is 4.74 Å². The molecule has 0 aliphatic rings. The number of hydrogen-bond donors (Lipinski definition) is 2. The number of ether oxygens (including phenoxy) is 1. The van der Waals surface area contributed by atoms with E-state index in [1.807, 2.05) is 0 Å². The summed E-state index contributed by atoms with van der Waals surface area (Å²) in [5, 5.41) is 11.5. The first-order valence-electron chi connectivity index (χ1n) is 6.31. The molecule has 1 aromatic rings. The lowest BCUT2D eigenvalue weighted by Crippen LogP contribution is -3.08. The van der Waals surface area contributed by atoms with Crippen LogP contribution in [0.1, 0.15) is 16.7 Å². The summed E-state index contributed by atoms with van der Waals surface area (Å²) in [7, 11) is 3.70. The van der Waals surface area contributed by atoms with Crippen molar-refractivity contribution in [1.82, 2.24) is 0 Å². The Hall–Kier alpha value is 0.0600. The number of halogens is 2. The van der Waals surface area contributed by atoms with Crippen LogP contribution in [0.4, 0.5) is 0 Å². The van der Waals surface area contributed by atoms with Crippen molar-refractivity contribution in [2.75, 3.05) is 27.3 Å². The zero-order valence-electron chi connectivity index (χ0n) is 11.5. The maximum absolute atomic E-state index is 9.74. The molecule has 0 aliphatic carbocycles. The largest absolute Gasteiger partial charge is 0.385 e. The number of aliphatic hydroxyl groups is 1. The topological polar surface area (TPSA) is 33.9 Å². The van der Waals surface area contributed by atoms with E-state index in [1.54, 1.807) is 7.11 Å². The van der Waals surface area contributed by atoms with E-state index in [0.29, 0.717) is 13.2 Å². The Morgan fingerprint density at radius 3 is 2.16 bits per heavy atom. The van der Waals surface area contributed by atoms with Crippen LogP contribution in [-0.2, 0) is 21.9 Å². The molecule has 19 heavy (non-hydrogen) atoms. The molecule has 0 spiro atoms. The maximum atomic E-state index is 9.74. The van der Waals surface area contributed by atoms with E-state index in [0.717, 1.165) is 17.2 Å². The van der Waals surface area contributed by atoms with Gasteiger partial charge in [0.05, 0.1) is 13.7 Å². The van der Waals surface area contributed by atoms with Crippen molar-refractivity contribution in [3.05, 3.63) is 34.9 Å². The Kier molecular flexibility index (Phi) is 8.18. The van der Waals surface area contributed by atoms with Gasteiger partial charge in [0.15, 0.2) is 0 Å². The number of methoxy groups -OCH3 is 1. The van der Waals surface area contributed by atoms with E-state index < -0.39 is 6.10 Å². The van der Waals surface area contributed by atoms with E-state index in [9.17, 15) is 5.11 Å². The van der Waals surface area contributed by atoms with Crippen molar-refractivity contribution < 1.29 is 14.7 Å². The third-order valence-corrected chi connectivity index (χ3v) is 4.16. The quantitative estimate of drug-likeness (QED) is 0.654. The van der Waals surface area contributed by atoms with E-state index in [2.05, 4.69) is 57.1 Å². The minimum Gasteiger partial charge on any atom is -0.385 e. The first kappa shape index (κ1) is 17.1. The number of aliphatic hydroxyl groups excluding tert-OH is 1. The Morgan fingerprint density at radius 1 is 1.16 bits per heavy atom. The number of rotatable bonds is 8. The minimum absolute atomic E-state index is 0.394. The van der Waals surface area contributed by atoms with Crippen LogP contribution < -0.4 is 4.90 Å². The van der Waals surface area contributed by atoms with Gasteiger partial charge in [0.2, 0.25) is 0 Å². The van der Waals surface area contributed by atoms with Crippen molar-refractivity contribution in [2.24, 2.45) is 0 Å². The molecule has 0 fully saturated rings. The van der Waals surface area contributed by atoms with E-state index >= 15 is 0 Å². The Morgan fingerprint density at radius 2 is 1.68 bits per heavy atom. The monoisotopic (exact) mass is 394 g/mol. The van der Waals surface area contributed by atoms with Crippen LogP contribution in [0.15, 0.2) is 18.2 Å². The number of benzene rings is 1. The third kappa shape index (κ3) is 6.36. The number of alkyl halides is 2. The summed E-state index contributed by atoms with van der Waals surface area (Å²) in [5.74, 6) is 0. The fourth-order valence-corrected chi connectivity index (χ4v) is 2.82. The van der Waals surface area contributed by atoms with Gasteiger partial charge in [0.25, 0.3) is 0 Å². The van der Waals surface area contributed by atoms with Crippen molar-refractivity contribution in [2.45, 2.75) is 23.3 Å². The lowest BCUT2D eigenvalue weighted by atomic mass is 10.1. The van der Waals surface area contributed by atoms with Crippen LogP contribution >= 0.6 is 31.9 Å². The van der Waals surface area contributed by atoms with Gasteiger partial charge in [-0.05, 0) is 23.3 Å². The molecule has 108 valence electrons. The summed E-state index contributed by atoms with van der Waals surface area (Å²) in [6.45, 7) is 1.99. The molecule has 0 saturated carbocycles. The molecule has 0 amide bonds. The summed E-state index contributed by atoms with van der Waals surface area (Å²) in [4.78, 5) is 1.27. The second kappa shape index (κ2) is 9.08. The highest BCUT2D eigenvalue weighted by atomic mass is 79.9. The minimum atomic E-state index is -0.403. The van der Waals surface area contributed by atoms with Crippen molar-refractivity contribution in [1.29, 1.82) is 0 Å². The molecule has 0 radical (unpaired) electrons. The lowest BCUT2D eigenvalue weighted by Gasteiger charge is -2.18. The summed E-state index contributed by atoms with van der Waals surface area (Å²) in [6, 6.07) is 6.63. The van der Waals surface area contributed by atoms with Crippen molar-refractivity contribution >= 4 is 31.9 Å². The molecule has 2 unspecified atom stereocenters. The second-order valence-corrected chi connectivity index (χ2v) is 5.99. The van der Waals surface area contributed by atoms with Crippen LogP contribution in [-0.4, -0.2) is 38.5 Å². The van der Waals surface area contributed by atoms with Crippen LogP contribution in [0.2, 0.25) is 0 Å². The van der Waals surface area contributed by atoms with Crippen LogP contribution in [0.3, 0.4) is 0 Å². The fourth-order valence-electron chi connectivity index (χ4n) is 2.17. The number of hydrogen-bond acceptors (Lipinski definition) is 2. The molecule has 0 aromatic heterocycles. The molecule has 3 nitrogen and oxygen atoms in total. The summed E-state index contributed by atoms with van der Waals surface area (Å²) >= 11 is 7.01. The lowest BCUT2D eigenvalue weighted by molar-refractivity contribution is -0.897. The van der Waals surface area contributed by atoms with Gasteiger partial charge in [-0.2, -0.15) is 0 Å². The molecular formula is C14H22Br2NO2+. The summed E-state index contributed by atoms with van der Waals surface area (Å²) in [5.41, 5.74) is 3.88. The predicted molar refractivity (Wildman–Crippen MR) is 85.0 cm³/mol. The second-order valence-electron chi connectivity index (χ2n) is 4.87. The first-order valence-corrected chi connectivity index (χ1v) is 8.55. The molecule has 2 atom stereocenters. The van der Waals surface area contributed by atoms with Gasteiger partial charge in [0, 0.05) is 23.3 Å². The summed E-state index contributed by atoms with van der Waals surface area (Å²) in [6.07, 6.45) is -0.403. The molecule has 0 aliphatic heterocycles. The van der Waals surface area contributed by atoms with Crippen molar-refractivity contribution in [3.8, 4) is 0 Å². The number of quaternary nitrogens is 1. The highest BCUT2D eigenvalue weighted by Crippen LogP contribution is 2.15.